The maximum absolute atomic E-state index is 12.4. The first-order chi connectivity index (χ1) is 8.34. The lowest BCUT2D eigenvalue weighted by Crippen LogP contribution is -2.33. The highest BCUT2D eigenvalue weighted by atomic mass is 79.9. The van der Waals surface area contributed by atoms with Gasteiger partial charge in [-0.05, 0) is 40.5 Å². The van der Waals surface area contributed by atoms with Gasteiger partial charge < -0.3 is 10.8 Å². The lowest BCUT2D eigenvalue weighted by atomic mass is 10.2. The predicted molar refractivity (Wildman–Crippen MR) is 74.8 cm³/mol. The van der Waals surface area contributed by atoms with Gasteiger partial charge in [-0.25, -0.2) is 8.42 Å². The number of benzene rings is 1. The molecular formula is C11H17BrN2O3S. The molecule has 102 valence electrons. The molecule has 0 atom stereocenters. The van der Waals surface area contributed by atoms with Gasteiger partial charge in [-0.15, -0.1) is 0 Å². The monoisotopic (exact) mass is 336 g/mol. The Morgan fingerprint density at radius 1 is 1.44 bits per heavy atom. The smallest absolute Gasteiger partial charge is 0.243 e. The van der Waals surface area contributed by atoms with E-state index in [0.29, 0.717) is 22.3 Å². The number of sulfonamides is 1. The molecule has 0 saturated heterocycles. The summed E-state index contributed by atoms with van der Waals surface area (Å²) in [6, 6.07) is 3.11. The number of aliphatic hydroxyl groups is 1. The number of nitrogens with zero attached hydrogens (tertiary/aromatic N) is 1. The molecule has 0 spiro atoms. The van der Waals surface area contributed by atoms with E-state index in [0.717, 1.165) is 0 Å². The van der Waals surface area contributed by atoms with E-state index in [1.807, 2.05) is 0 Å². The lowest BCUT2D eigenvalue weighted by Gasteiger charge is -2.21. The summed E-state index contributed by atoms with van der Waals surface area (Å²) >= 11 is 3.26. The van der Waals surface area contributed by atoms with Crippen LogP contribution in [0.2, 0.25) is 0 Å². The SMILES string of the molecule is CCN(CCO)S(=O)(=O)c1cc(N)c(Br)cc1C. The molecule has 0 heterocycles. The van der Waals surface area contributed by atoms with Crippen molar-refractivity contribution in [3.8, 4) is 0 Å². The fourth-order valence-corrected chi connectivity index (χ4v) is 3.78. The molecule has 0 bridgehead atoms. The van der Waals surface area contributed by atoms with Crippen molar-refractivity contribution in [2.45, 2.75) is 18.7 Å². The summed E-state index contributed by atoms with van der Waals surface area (Å²) < 4.78 is 26.7. The van der Waals surface area contributed by atoms with E-state index in [4.69, 9.17) is 10.8 Å². The van der Waals surface area contributed by atoms with Crippen LogP contribution >= 0.6 is 15.9 Å². The van der Waals surface area contributed by atoms with Crippen LogP contribution < -0.4 is 5.73 Å². The fraction of sp³-hybridized carbons (Fsp3) is 0.455. The molecule has 0 aromatic heterocycles. The summed E-state index contributed by atoms with van der Waals surface area (Å²) in [5.41, 5.74) is 6.71. The van der Waals surface area contributed by atoms with Crippen molar-refractivity contribution in [3.05, 3.63) is 22.2 Å². The first-order valence-corrected chi connectivity index (χ1v) is 7.74. The molecule has 1 rings (SSSR count). The highest BCUT2D eigenvalue weighted by molar-refractivity contribution is 9.10. The van der Waals surface area contributed by atoms with Gasteiger partial charge in [0.2, 0.25) is 10.0 Å². The second-order valence-electron chi connectivity index (χ2n) is 3.86. The number of aryl methyl sites for hydroxylation is 1. The van der Waals surface area contributed by atoms with Crippen molar-refractivity contribution in [1.82, 2.24) is 4.31 Å². The third-order valence-corrected chi connectivity index (χ3v) is 5.42. The Hall–Kier alpha value is -0.630. The molecule has 0 saturated carbocycles. The summed E-state index contributed by atoms with van der Waals surface area (Å²) in [4.78, 5) is 0.179. The standard InChI is InChI=1S/C11H17BrN2O3S/c1-3-14(4-5-15)18(16,17)11-7-10(13)9(12)6-8(11)2/h6-7,15H,3-5,13H2,1-2H3. The number of halogens is 1. The minimum Gasteiger partial charge on any atom is -0.398 e. The zero-order valence-electron chi connectivity index (χ0n) is 10.4. The first-order valence-electron chi connectivity index (χ1n) is 5.51. The maximum atomic E-state index is 12.4. The van der Waals surface area contributed by atoms with Crippen LogP contribution in [0.5, 0.6) is 0 Å². The van der Waals surface area contributed by atoms with Gasteiger partial charge >= 0.3 is 0 Å². The molecule has 5 nitrogen and oxygen atoms in total. The Balaban J connectivity index is 3.32. The molecule has 1 aromatic rings. The van der Waals surface area contributed by atoms with Gasteiger partial charge in [-0.3, -0.25) is 0 Å². The third-order valence-electron chi connectivity index (χ3n) is 2.61. The molecule has 0 fully saturated rings. The highest BCUT2D eigenvalue weighted by Crippen LogP contribution is 2.28. The lowest BCUT2D eigenvalue weighted by molar-refractivity contribution is 0.257. The van der Waals surface area contributed by atoms with Gasteiger partial charge in [-0.1, -0.05) is 6.92 Å². The van der Waals surface area contributed by atoms with Crippen LogP contribution in [0.3, 0.4) is 0 Å². The largest absolute Gasteiger partial charge is 0.398 e. The summed E-state index contributed by atoms with van der Waals surface area (Å²) in [6.07, 6.45) is 0. The van der Waals surface area contributed by atoms with E-state index < -0.39 is 10.0 Å². The van der Waals surface area contributed by atoms with E-state index in [-0.39, 0.29) is 18.0 Å². The number of rotatable bonds is 5. The Labute approximate surface area is 116 Å². The van der Waals surface area contributed by atoms with E-state index in [9.17, 15) is 8.42 Å². The Kier molecular flexibility index (Phi) is 5.15. The van der Waals surface area contributed by atoms with Gasteiger partial charge in [0.05, 0.1) is 11.5 Å². The van der Waals surface area contributed by atoms with Crippen LogP contribution in [-0.2, 0) is 10.0 Å². The fourth-order valence-electron chi connectivity index (χ4n) is 1.65. The number of aliphatic hydroxyl groups excluding tert-OH is 1. The molecule has 0 aliphatic carbocycles. The normalized spacial score (nSPS) is 12.1. The predicted octanol–water partition coefficient (Wildman–Crippen LogP) is 1.34. The minimum atomic E-state index is -3.61. The van der Waals surface area contributed by atoms with Gasteiger partial charge in [0, 0.05) is 23.2 Å². The van der Waals surface area contributed by atoms with Gasteiger partial charge in [0.1, 0.15) is 0 Å². The van der Waals surface area contributed by atoms with Gasteiger partial charge in [0.15, 0.2) is 0 Å². The molecule has 3 N–H and O–H groups in total. The molecule has 0 aliphatic heterocycles. The van der Waals surface area contributed by atoms with Crippen LogP contribution in [0.15, 0.2) is 21.5 Å². The molecule has 18 heavy (non-hydrogen) atoms. The van der Waals surface area contributed by atoms with Crippen LogP contribution in [0, 0.1) is 6.92 Å². The molecule has 0 aliphatic rings. The molecule has 1 aromatic carbocycles. The van der Waals surface area contributed by atoms with Crippen LogP contribution in [0.1, 0.15) is 12.5 Å². The second kappa shape index (κ2) is 6.01. The Morgan fingerprint density at radius 3 is 2.56 bits per heavy atom. The van der Waals surface area contributed by atoms with Gasteiger partial charge in [-0.2, -0.15) is 4.31 Å². The molecule has 0 unspecified atom stereocenters. The summed E-state index contributed by atoms with van der Waals surface area (Å²) in [7, 11) is -3.61. The number of hydrogen-bond acceptors (Lipinski definition) is 4. The molecule has 7 heteroatoms. The number of nitrogens with two attached hydrogens (primary N) is 1. The average Bonchev–Trinajstić information content (AvgIpc) is 2.30. The first kappa shape index (κ1) is 15.4. The number of anilines is 1. The van der Waals surface area contributed by atoms with E-state index in [1.165, 1.54) is 10.4 Å². The zero-order chi connectivity index (χ0) is 13.9. The third kappa shape index (κ3) is 3.03. The Bertz CT molecular complexity index is 531. The number of hydrogen-bond donors (Lipinski definition) is 2. The van der Waals surface area contributed by atoms with Crippen LogP contribution in [0.4, 0.5) is 5.69 Å². The number of nitrogen functional groups attached to an aromatic ring is 1. The Morgan fingerprint density at radius 2 is 2.06 bits per heavy atom. The van der Waals surface area contributed by atoms with Crippen LogP contribution in [-0.4, -0.2) is 37.5 Å². The number of likely N-dealkylation sites (N-methyl/N-ethyl adjacent to an activating group) is 1. The quantitative estimate of drug-likeness (QED) is 0.795. The topological polar surface area (TPSA) is 83.6 Å². The molecule has 0 amide bonds. The minimum absolute atomic E-state index is 0.0776. The van der Waals surface area contributed by atoms with Gasteiger partial charge in [0.25, 0.3) is 0 Å². The summed E-state index contributed by atoms with van der Waals surface area (Å²) in [5, 5.41) is 8.91. The molecule has 0 radical (unpaired) electrons. The van der Waals surface area contributed by atoms with Crippen molar-refractivity contribution < 1.29 is 13.5 Å². The van der Waals surface area contributed by atoms with Crippen molar-refractivity contribution in [1.29, 1.82) is 0 Å². The van der Waals surface area contributed by atoms with Crippen molar-refractivity contribution in [2.75, 3.05) is 25.4 Å². The highest BCUT2D eigenvalue weighted by Gasteiger charge is 2.25. The van der Waals surface area contributed by atoms with Crippen molar-refractivity contribution in [3.63, 3.8) is 0 Å². The van der Waals surface area contributed by atoms with E-state index >= 15 is 0 Å². The maximum Gasteiger partial charge on any atom is 0.243 e. The van der Waals surface area contributed by atoms with Crippen molar-refractivity contribution >= 4 is 31.6 Å². The van der Waals surface area contributed by atoms with Crippen LogP contribution in [0.25, 0.3) is 0 Å². The second-order valence-corrected chi connectivity index (χ2v) is 6.62. The molecular weight excluding hydrogens is 320 g/mol. The summed E-state index contributed by atoms with van der Waals surface area (Å²) in [6.45, 7) is 3.61. The van der Waals surface area contributed by atoms with E-state index in [2.05, 4.69) is 15.9 Å². The zero-order valence-corrected chi connectivity index (χ0v) is 12.8. The van der Waals surface area contributed by atoms with Crippen molar-refractivity contribution in [2.24, 2.45) is 0 Å². The summed E-state index contributed by atoms with van der Waals surface area (Å²) in [5.74, 6) is 0. The van der Waals surface area contributed by atoms with E-state index in [1.54, 1.807) is 19.9 Å². The average molecular weight is 337 g/mol.